The molecule has 0 aromatic rings. The molecule has 0 aliphatic carbocycles. The predicted octanol–water partition coefficient (Wildman–Crippen LogP) is -0.899. The monoisotopic (exact) mass is 202 g/mol. The number of hydrogen-bond acceptors (Lipinski definition) is 3. The van der Waals surface area contributed by atoms with Crippen molar-refractivity contribution in [2.24, 2.45) is 5.92 Å². The van der Waals surface area contributed by atoms with Crippen LogP contribution in [0.5, 0.6) is 0 Å². The molecule has 4 nitrogen and oxygen atoms in total. The minimum absolute atomic E-state index is 0.00282. The molecule has 0 radical (unpaired) electrons. The van der Waals surface area contributed by atoms with E-state index in [1.54, 1.807) is 0 Å². The van der Waals surface area contributed by atoms with Crippen LogP contribution in [0.25, 0.3) is 0 Å². The van der Waals surface area contributed by atoms with E-state index in [1.165, 1.54) is 4.90 Å². The molecule has 0 spiro atoms. The van der Waals surface area contributed by atoms with Gasteiger partial charge in [0.1, 0.15) is 19.0 Å². The zero-order valence-corrected chi connectivity index (χ0v) is 9.04. The first-order chi connectivity index (χ1) is 6.74. The second kappa shape index (κ2) is 5.98. The molecule has 14 heavy (non-hydrogen) atoms. The lowest BCUT2D eigenvalue weighted by atomic mass is 10.1. The van der Waals surface area contributed by atoms with Gasteiger partial charge in [0.25, 0.3) is 0 Å². The van der Waals surface area contributed by atoms with E-state index in [4.69, 9.17) is 9.47 Å². The Hall–Kier alpha value is -0.610. The summed E-state index contributed by atoms with van der Waals surface area (Å²) in [5.41, 5.74) is 0. The molecule has 1 aliphatic rings. The van der Waals surface area contributed by atoms with Crippen molar-refractivity contribution >= 4 is 5.97 Å². The fraction of sp³-hybridized carbons (Fsp3) is 0.900. The van der Waals surface area contributed by atoms with Crippen molar-refractivity contribution in [1.29, 1.82) is 0 Å². The zero-order chi connectivity index (χ0) is 10.4. The quantitative estimate of drug-likeness (QED) is 0.601. The van der Waals surface area contributed by atoms with Crippen molar-refractivity contribution in [2.45, 2.75) is 13.8 Å². The minimum Gasteiger partial charge on any atom is -0.466 e. The summed E-state index contributed by atoms with van der Waals surface area (Å²) in [4.78, 5) is 12.8. The number of esters is 1. The average molecular weight is 202 g/mol. The van der Waals surface area contributed by atoms with Crippen molar-refractivity contribution < 1.29 is 19.2 Å². The molecule has 82 valence electrons. The number of ether oxygens (including phenoxy) is 2. The van der Waals surface area contributed by atoms with Gasteiger partial charge in [-0.3, -0.25) is 4.79 Å². The standard InChI is InChI=1S/C10H19NO3/c1-3-14-10(12)9(2)8-11-4-6-13-7-5-11/h9H,3-8H2,1-2H3/p+1. The fourth-order valence-corrected chi connectivity index (χ4v) is 1.67. The molecule has 1 N–H and O–H groups in total. The molecule has 0 aromatic heterocycles. The summed E-state index contributed by atoms with van der Waals surface area (Å²) in [7, 11) is 0. The van der Waals surface area contributed by atoms with Gasteiger partial charge in [-0.1, -0.05) is 0 Å². The molecule has 1 fully saturated rings. The van der Waals surface area contributed by atoms with E-state index in [2.05, 4.69) is 0 Å². The number of rotatable bonds is 4. The second-order valence-electron chi connectivity index (χ2n) is 3.72. The Morgan fingerprint density at radius 1 is 1.50 bits per heavy atom. The first kappa shape index (κ1) is 11.5. The Kier molecular flexibility index (Phi) is 4.90. The number of nitrogens with one attached hydrogen (secondary N) is 1. The maximum Gasteiger partial charge on any atom is 0.314 e. The summed E-state index contributed by atoms with van der Waals surface area (Å²) in [5, 5.41) is 0. The lowest BCUT2D eigenvalue weighted by Crippen LogP contribution is -3.14. The van der Waals surface area contributed by atoms with Crippen LogP contribution < -0.4 is 4.90 Å². The van der Waals surface area contributed by atoms with Crippen LogP contribution in [0.1, 0.15) is 13.8 Å². The lowest BCUT2D eigenvalue weighted by Gasteiger charge is -2.25. The summed E-state index contributed by atoms with van der Waals surface area (Å²) >= 11 is 0. The van der Waals surface area contributed by atoms with Crippen molar-refractivity contribution in [3.8, 4) is 0 Å². The fourth-order valence-electron chi connectivity index (χ4n) is 1.67. The van der Waals surface area contributed by atoms with E-state index in [0.29, 0.717) is 6.61 Å². The average Bonchev–Trinajstić information content (AvgIpc) is 2.19. The highest BCUT2D eigenvalue weighted by molar-refractivity contribution is 5.71. The van der Waals surface area contributed by atoms with E-state index in [-0.39, 0.29) is 11.9 Å². The third-order valence-electron chi connectivity index (χ3n) is 2.48. The largest absolute Gasteiger partial charge is 0.466 e. The number of morpholine rings is 1. The SMILES string of the molecule is CCOC(=O)C(C)C[NH+]1CCOCC1. The number of carbonyl (C=O) groups is 1. The number of hydrogen-bond donors (Lipinski definition) is 1. The van der Waals surface area contributed by atoms with Crippen LogP contribution in [0.2, 0.25) is 0 Å². The Morgan fingerprint density at radius 2 is 2.14 bits per heavy atom. The molecule has 1 saturated heterocycles. The topological polar surface area (TPSA) is 40.0 Å². The molecule has 1 heterocycles. The van der Waals surface area contributed by atoms with E-state index in [1.807, 2.05) is 13.8 Å². The van der Waals surface area contributed by atoms with Gasteiger partial charge in [-0.25, -0.2) is 0 Å². The highest BCUT2D eigenvalue weighted by atomic mass is 16.5. The zero-order valence-electron chi connectivity index (χ0n) is 9.04. The first-order valence-electron chi connectivity index (χ1n) is 5.32. The van der Waals surface area contributed by atoms with Crippen LogP contribution in [-0.2, 0) is 14.3 Å². The molecule has 4 heteroatoms. The van der Waals surface area contributed by atoms with Crippen LogP contribution in [0, 0.1) is 5.92 Å². The molecular formula is C10H20NO3+. The van der Waals surface area contributed by atoms with Gasteiger partial charge < -0.3 is 14.4 Å². The molecule has 0 saturated carbocycles. The summed E-state index contributed by atoms with van der Waals surface area (Å²) < 4.78 is 10.2. The van der Waals surface area contributed by atoms with Gasteiger partial charge in [0.2, 0.25) is 0 Å². The summed E-state index contributed by atoms with van der Waals surface area (Å²) in [6.45, 7) is 8.74. The third kappa shape index (κ3) is 3.64. The molecular weight excluding hydrogens is 182 g/mol. The highest BCUT2D eigenvalue weighted by Gasteiger charge is 2.22. The lowest BCUT2D eigenvalue weighted by molar-refractivity contribution is -0.910. The van der Waals surface area contributed by atoms with Gasteiger partial charge in [0.05, 0.1) is 26.4 Å². The van der Waals surface area contributed by atoms with Gasteiger partial charge in [-0.05, 0) is 13.8 Å². The number of carbonyl (C=O) groups excluding carboxylic acids is 1. The van der Waals surface area contributed by atoms with E-state index in [9.17, 15) is 4.79 Å². The Labute approximate surface area is 85.2 Å². The summed E-state index contributed by atoms with van der Waals surface area (Å²) in [6, 6.07) is 0. The van der Waals surface area contributed by atoms with E-state index in [0.717, 1.165) is 32.8 Å². The van der Waals surface area contributed by atoms with Crippen molar-refractivity contribution in [2.75, 3.05) is 39.5 Å². The van der Waals surface area contributed by atoms with Gasteiger partial charge in [0, 0.05) is 0 Å². The molecule has 1 rings (SSSR count). The molecule has 0 aromatic carbocycles. The van der Waals surface area contributed by atoms with Crippen LogP contribution in [0.4, 0.5) is 0 Å². The summed E-state index contributed by atoms with van der Waals surface area (Å²) in [5.74, 6) is -0.0745. The highest BCUT2D eigenvalue weighted by Crippen LogP contribution is 1.95. The predicted molar refractivity (Wildman–Crippen MR) is 52.2 cm³/mol. The molecule has 1 aliphatic heterocycles. The molecule has 1 unspecified atom stereocenters. The number of quaternary nitrogens is 1. The normalized spacial score (nSPS) is 20.4. The van der Waals surface area contributed by atoms with Crippen LogP contribution >= 0.6 is 0 Å². The second-order valence-corrected chi connectivity index (χ2v) is 3.72. The van der Waals surface area contributed by atoms with Gasteiger partial charge in [-0.2, -0.15) is 0 Å². The smallest absolute Gasteiger partial charge is 0.314 e. The van der Waals surface area contributed by atoms with Crippen molar-refractivity contribution in [3.63, 3.8) is 0 Å². The van der Waals surface area contributed by atoms with E-state index >= 15 is 0 Å². The molecule has 0 bridgehead atoms. The summed E-state index contributed by atoms with van der Waals surface area (Å²) in [6.07, 6.45) is 0. The Balaban J connectivity index is 2.24. The van der Waals surface area contributed by atoms with Crippen LogP contribution in [-0.4, -0.2) is 45.4 Å². The van der Waals surface area contributed by atoms with Gasteiger partial charge in [-0.15, -0.1) is 0 Å². The maximum atomic E-state index is 11.3. The van der Waals surface area contributed by atoms with Crippen molar-refractivity contribution in [1.82, 2.24) is 0 Å². The molecule has 0 amide bonds. The maximum absolute atomic E-state index is 11.3. The minimum atomic E-state index is -0.0773. The van der Waals surface area contributed by atoms with Gasteiger partial charge >= 0.3 is 5.97 Å². The third-order valence-corrected chi connectivity index (χ3v) is 2.48. The van der Waals surface area contributed by atoms with E-state index < -0.39 is 0 Å². The first-order valence-corrected chi connectivity index (χ1v) is 5.32. The van der Waals surface area contributed by atoms with Crippen LogP contribution in [0.3, 0.4) is 0 Å². The van der Waals surface area contributed by atoms with Crippen molar-refractivity contribution in [3.05, 3.63) is 0 Å². The van der Waals surface area contributed by atoms with Crippen LogP contribution in [0.15, 0.2) is 0 Å². The Morgan fingerprint density at radius 3 is 2.71 bits per heavy atom. The Bertz CT molecular complexity index is 178. The van der Waals surface area contributed by atoms with Gasteiger partial charge in [0.15, 0.2) is 0 Å². The molecule has 1 atom stereocenters.